The number of aliphatic hydroxyl groups excluding tert-OH is 1. The van der Waals surface area contributed by atoms with Gasteiger partial charge in [-0.3, -0.25) is 0 Å². The second-order valence-corrected chi connectivity index (χ2v) is 4.36. The van der Waals surface area contributed by atoms with Crippen LogP contribution in [0.25, 0.3) is 0 Å². The lowest BCUT2D eigenvalue weighted by atomic mass is 9.67. The van der Waals surface area contributed by atoms with E-state index in [1.807, 2.05) is 0 Å². The van der Waals surface area contributed by atoms with Gasteiger partial charge < -0.3 is 5.11 Å². The van der Waals surface area contributed by atoms with E-state index in [-0.39, 0.29) is 10.8 Å². The molecule has 0 heterocycles. The molecule has 1 aliphatic rings. The number of rotatable bonds is 2. The maximum atomic E-state index is 8.90. The molecule has 0 saturated heterocycles. The van der Waals surface area contributed by atoms with E-state index in [2.05, 4.69) is 32.9 Å². The van der Waals surface area contributed by atoms with Crippen molar-refractivity contribution in [3.63, 3.8) is 0 Å². The minimum Gasteiger partial charge on any atom is -0.396 e. The average Bonchev–Trinajstić information content (AvgIpc) is 2.09. The minimum absolute atomic E-state index is 0.260. The monoisotopic (exact) mass is 154 g/mol. The second-order valence-electron chi connectivity index (χ2n) is 4.36. The zero-order valence-corrected chi connectivity index (χ0v) is 7.72. The molecule has 0 saturated carbocycles. The molecule has 1 N–H and O–H groups in total. The van der Waals surface area contributed by atoms with Crippen molar-refractivity contribution < 1.29 is 5.11 Å². The quantitative estimate of drug-likeness (QED) is 0.605. The van der Waals surface area contributed by atoms with Crippen LogP contribution in [0.5, 0.6) is 0 Å². The Balaban J connectivity index is 2.73. The summed E-state index contributed by atoms with van der Waals surface area (Å²) in [6.45, 7) is 7.04. The third-order valence-electron chi connectivity index (χ3n) is 3.32. The lowest BCUT2D eigenvalue weighted by Gasteiger charge is -2.37. The molecule has 0 aromatic carbocycles. The third kappa shape index (κ3) is 1.34. The van der Waals surface area contributed by atoms with Gasteiger partial charge in [-0.1, -0.05) is 32.9 Å². The van der Waals surface area contributed by atoms with E-state index in [0.29, 0.717) is 6.61 Å². The highest BCUT2D eigenvalue weighted by molar-refractivity contribution is 5.12. The summed E-state index contributed by atoms with van der Waals surface area (Å²) in [6, 6.07) is 0. The molecule has 1 aliphatic carbocycles. The van der Waals surface area contributed by atoms with Crippen molar-refractivity contribution >= 4 is 0 Å². The standard InChI is InChI=1S/C10H18O/c1-9(2)5-4-6-10(9,3)7-8-11/h4-5,11H,6-8H2,1-3H3/t10-/m1/s1. The summed E-state index contributed by atoms with van der Waals surface area (Å²) in [5, 5.41) is 8.90. The fourth-order valence-electron chi connectivity index (χ4n) is 1.75. The van der Waals surface area contributed by atoms with Gasteiger partial charge in [0.1, 0.15) is 0 Å². The highest BCUT2D eigenvalue weighted by atomic mass is 16.3. The molecular weight excluding hydrogens is 136 g/mol. The summed E-state index contributed by atoms with van der Waals surface area (Å²) in [5.41, 5.74) is 0.539. The molecular formula is C10H18O. The number of allylic oxidation sites excluding steroid dienone is 2. The Hall–Kier alpha value is -0.300. The van der Waals surface area contributed by atoms with Crippen molar-refractivity contribution in [2.45, 2.75) is 33.6 Å². The molecule has 0 aliphatic heterocycles. The van der Waals surface area contributed by atoms with E-state index in [1.165, 1.54) is 0 Å². The van der Waals surface area contributed by atoms with Crippen LogP contribution in [0.3, 0.4) is 0 Å². The molecule has 11 heavy (non-hydrogen) atoms. The Morgan fingerprint density at radius 2 is 2.00 bits per heavy atom. The molecule has 0 amide bonds. The smallest absolute Gasteiger partial charge is 0.0436 e. The fourth-order valence-corrected chi connectivity index (χ4v) is 1.75. The van der Waals surface area contributed by atoms with E-state index in [0.717, 1.165) is 12.8 Å². The lowest BCUT2D eigenvalue weighted by Crippen LogP contribution is -2.30. The van der Waals surface area contributed by atoms with E-state index in [9.17, 15) is 0 Å². The molecule has 64 valence electrons. The number of hydrogen-bond acceptors (Lipinski definition) is 1. The van der Waals surface area contributed by atoms with Gasteiger partial charge in [-0.15, -0.1) is 0 Å². The largest absolute Gasteiger partial charge is 0.396 e. The van der Waals surface area contributed by atoms with Crippen LogP contribution in [0.4, 0.5) is 0 Å². The lowest BCUT2D eigenvalue weighted by molar-refractivity contribution is 0.111. The van der Waals surface area contributed by atoms with E-state index < -0.39 is 0 Å². The van der Waals surface area contributed by atoms with Crippen LogP contribution in [-0.4, -0.2) is 11.7 Å². The van der Waals surface area contributed by atoms with Gasteiger partial charge in [-0.05, 0) is 23.7 Å². The Kier molecular flexibility index (Phi) is 2.10. The van der Waals surface area contributed by atoms with Gasteiger partial charge in [-0.2, -0.15) is 0 Å². The molecule has 1 rings (SSSR count). The fraction of sp³-hybridized carbons (Fsp3) is 0.800. The predicted molar refractivity (Wildman–Crippen MR) is 47.3 cm³/mol. The van der Waals surface area contributed by atoms with Gasteiger partial charge in [0.25, 0.3) is 0 Å². The van der Waals surface area contributed by atoms with Crippen molar-refractivity contribution in [1.29, 1.82) is 0 Å². The van der Waals surface area contributed by atoms with Gasteiger partial charge in [0.05, 0.1) is 0 Å². The molecule has 1 atom stereocenters. The summed E-state index contributed by atoms with van der Waals surface area (Å²) in [5.74, 6) is 0. The maximum absolute atomic E-state index is 8.90. The molecule has 1 nitrogen and oxygen atoms in total. The summed E-state index contributed by atoms with van der Waals surface area (Å²) in [4.78, 5) is 0. The van der Waals surface area contributed by atoms with Crippen LogP contribution < -0.4 is 0 Å². The molecule has 0 aromatic heterocycles. The van der Waals surface area contributed by atoms with Crippen molar-refractivity contribution in [2.24, 2.45) is 10.8 Å². The van der Waals surface area contributed by atoms with Crippen molar-refractivity contribution in [3.8, 4) is 0 Å². The number of hydrogen-bond donors (Lipinski definition) is 1. The van der Waals surface area contributed by atoms with E-state index in [1.54, 1.807) is 0 Å². The van der Waals surface area contributed by atoms with Gasteiger partial charge in [0.15, 0.2) is 0 Å². The molecule has 1 heteroatoms. The zero-order chi connectivity index (χ0) is 8.54. The highest BCUT2D eigenvalue weighted by Crippen LogP contribution is 2.49. The van der Waals surface area contributed by atoms with Gasteiger partial charge in [0.2, 0.25) is 0 Å². The Morgan fingerprint density at radius 1 is 1.36 bits per heavy atom. The Morgan fingerprint density at radius 3 is 2.36 bits per heavy atom. The predicted octanol–water partition coefficient (Wildman–Crippen LogP) is 2.36. The minimum atomic E-state index is 0.260. The van der Waals surface area contributed by atoms with Crippen LogP contribution >= 0.6 is 0 Å². The molecule has 0 spiro atoms. The van der Waals surface area contributed by atoms with Gasteiger partial charge >= 0.3 is 0 Å². The van der Waals surface area contributed by atoms with Gasteiger partial charge in [-0.25, -0.2) is 0 Å². The third-order valence-corrected chi connectivity index (χ3v) is 3.32. The topological polar surface area (TPSA) is 20.2 Å². The first-order chi connectivity index (χ1) is 5.02. The average molecular weight is 154 g/mol. The molecule has 0 fully saturated rings. The van der Waals surface area contributed by atoms with Gasteiger partial charge in [0, 0.05) is 6.61 Å². The Labute approximate surface area is 69.1 Å². The summed E-state index contributed by atoms with van der Waals surface area (Å²) >= 11 is 0. The van der Waals surface area contributed by atoms with Crippen LogP contribution in [0.15, 0.2) is 12.2 Å². The van der Waals surface area contributed by atoms with Crippen LogP contribution in [-0.2, 0) is 0 Å². The van der Waals surface area contributed by atoms with Crippen LogP contribution in [0, 0.1) is 10.8 Å². The van der Waals surface area contributed by atoms with Crippen molar-refractivity contribution in [3.05, 3.63) is 12.2 Å². The first kappa shape index (κ1) is 8.79. The molecule has 0 bridgehead atoms. The number of aliphatic hydroxyl groups is 1. The summed E-state index contributed by atoms with van der Waals surface area (Å²) < 4.78 is 0. The van der Waals surface area contributed by atoms with Crippen molar-refractivity contribution in [1.82, 2.24) is 0 Å². The summed E-state index contributed by atoms with van der Waals surface area (Å²) in [6.07, 6.45) is 6.52. The highest BCUT2D eigenvalue weighted by Gasteiger charge is 2.40. The molecule has 0 aromatic rings. The van der Waals surface area contributed by atoms with Crippen LogP contribution in [0.2, 0.25) is 0 Å². The first-order valence-electron chi connectivity index (χ1n) is 4.30. The zero-order valence-electron chi connectivity index (χ0n) is 7.72. The molecule has 0 unspecified atom stereocenters. The van der Waals surface area contributed by atoms with E-state index >= 15 is 0 Å². The molecule has 0 radical (unpaired) electrons. The second kappa shape index (κ2) is 2.63. The Bertz CT molecular complexity index is 170. The normalized spacial score (nSPS) is 34.5. The van der Waals surface area contributed by atoms with Crippen LogP contribution in [0.1, 0.15) is 33.6 Å². The summed E-state index contributed by atoms with van der Waals surface area (Å²) in [7, 11) is 0. The maximum Gasteiger partial charge on any atom is 0.0436 e. The first-order valence-corrected chi connectivity index (χ1v) is 4.30. The van der Waals surface area contributed by atoms with Crippen molar-refractivity contribution in [2.75, 3.05) is 6.61 Å². The SMILES string of the molecule is CC1(C)C=CC[C@]1(C)CCO. The van der Waals surface area contributed by atoms with E-state index in [4.69, 9.17) is 5.11 Å².